The van der Waals surface area contributed by atoms with Gasteiger partial charge >= 0.3 is 6.09 Å². The van der Waals surface area contributed by atoms with E-state index in [0.717, 1.165) is 11.3 Å². The summed E-state index contributed by atoms with van der Waals surface area (Å²) in [6.45, 7) is 3.02. The third kappa shape index (κ3) is 3.40. The van der Waals surface area contributed by atoms with Gasteiger partial charge in [-0.1, -0.05) is 0 Å². The first-order valence-corrected chi connectivity index (χ1v) is 9.31. The Morgan fingerprint density at radius 2 is 2.00 bits per heavy atom. The van der Waals surface area contributed by atoms with Crippen molar-refractivity contribution in [2.24, 2.45) is 0 Å². The van der Waals surface area contributed by atoms with Gasteiger partial charge in [-0.15, -0.1) is 5.10 Å². The van der Waals surface area contributed by atoms with Crippen molar-refractivity contribution < 1.29 is 19.0 Å². The Hall–Kier alpha value is -2.72. The van der Waals surface area contributed by atoms with E-state index in [1.165, 1.54) is 0 Å². The van der Waals surface area contributed by atoms with Crippen LogP contribution in [0.2, 0.25) is 0 Å². The molecule has 0 spiro atoms. The molecule has 2 saturated heterocycles. The highest BCUT2D eigenvalue weighted by molar-refractivity contribution is 5.67. The van der Waals surface area contributed by atoms with Crippen LogP contribution in [0, 0.1) is 0 Å². The zero-order chi connectivity index (χ0) is 19.7. The fraction of sp³-hybridized carbons (Fsp3) is 0.556. The summed E-state index contributed by atoms with van der Waals surface area (Å²) in [5.74, 6) is 0.649. The summed E-state index contributed by atoms with van der Waals surface area (Å²) in [6, 6.07) is 7.82. The number of anilines is 1. The maximum atomic E-state index is 11.7. The second-order valence-corrected chi connectivity index (χ2v) is 7.03. The van der Waals surface area contributed by atoms with Gasteiger partial charge in [0.15, 0.2) is 11.9 Å². The number of rotatable bonds is 5. The molecule has 2 fully saturated rings. The zero-order valence-electron chi connectivity index (χ0n) is 16.1. The summed E-state index contributed by atoms with van der Waals surface area (Å²) < 4.78 is 18.9. The first-order chi connectivity index (χ1) is 13.6. The molecular formula is C18H24N6O4. The van der Waals surface area contributed by atoms with Crippen molar-refractivity contribution in [2.45, 2.75) is 31.3 Å². The van der Waals surface area contributed by atoms with E-state index in [4.69, 9.17) is 14.2 Å². The van der Waals surface area contributed by atoms with Crippen LogP contribution >= 0.6 is 0 Å². The number of nitrogens with one attached hydrogen (secondary N) is 1. The highest BCUT2D eigenvalue weighted by Crippen LogP contribution is 2.36. The Kier molecular flexibility index (Phi) is 5.14. The third-order valence-corrected chi connectivity index (χ3v) is 5.01. The van der Waals surface area contributed by atoms with Crippen molar-refractivity contribution in [2.75, 3.05) is 38.8 Å². The van der Waals surface area contributed by atoms with Gasteiger partial charge in [-0.05, 0) is 41.6 Å². The third-order valence-electron chi connectivity index (χ3n) is 5.01. The lowest BCUT2D eigenvalue weighted by molar-refractivity contribution is 0.00321. The average molecular weight is 388 g/mol. The molecule has 0 radical (unpaired) electrons. The van der Waals surface area contributed by atoms with Crippen molar-refractivity contribution in [1.29, 1.82) is 0 Å². The van der Waals surface area contributed by atoms with Crippen LogP contribution in [0.1, 0.15) is 13.0 Å². The number of hydrogen-bond acceptors (Lipinski definition) is 8. The lowest BCUT2D eigenvalue weighted by Crippen LogP contribution is -2.37. The molecule has 2 aliphatic rings. The number of benzene rings is 1. The van der Waals surface area contributed by atoms with Gasteiger partial charge in [0.25, 0.3) is 0 Å². The number of carbonyl (C=O) groups is 1. The Morgan fingerprint density at radius 3 is 2.71 bits per heavy atom. The fourth-order valence-electron chi connectivity index (χ4n) is 3.59. The smallest absolute Gasteiger partial charge is 0.407 e. The van der Waals surface area contributed by atoms with Crippen LogP contribution in [-0.2, 0) is 14.2 Å². The van der Waals surface area contributed by atoms with Crippen LogP contribution in [0.3, 0.4) is 0 Å². The Bertz CT molecular complexity index is 824. The quantitative estimate of drug-likeness (QED) is 0.804. The van der Waals surface area contributed by atoms with E-state index in [2.05, 4.69) is 20.8 Å². The van der Waals surface area contributed by atoms with Crippen LogP contribution in [0.4, 0.5) is 10.5 Å². The standard InChI is InChI=1S/C18H24N6O4/c1-4-19-18(25)28-14-10-27-15-13(9-26-16(14)15)24-17(20-21-22-24)11-5-7-12(8-6-11)23(2)3/h5-8,13-16H,4,9-10H2,1-3H3,(H,19,25)/t13-,14+,15?,16?/m0/s1. The Labute approximate surface area is 162 Å². The molecule has 1 aromatic heterocycles. The monoisotopic (exact) mass is 388 g/mol. The second kappa shape index (κ2) is 7.72. The van der Waals surface area contributed by atoms with Crippen molar-refractivity contribution in [3.63, 3.8) is 0 Å². The number of alkyl carbamates (subject to hydrolysis) is 1. The van der Waals surface area contributed by atoms with E-state index in [9.17, 15) is 4.79 Å². The summed E-state index contributed by atoms with van der Waals surface area (Å²) in [6.07, 6.45) is -1.52. The molecule has 10 nitrogen and oxygen atoms in total. The van der Waals surface area contributed by atoms with Crippen LogP contribution in [0.25, 0.3) is 11.4 Å². The Morgan fingerprint density at radius 1 is 1.25 bits per heavy atom. The van der Waals surface area contributed by atoms with Gasteiger partial charge in [0.2, 0.25) is 0 Å². The molecule has 0 bridgehead atoms. The lowest BCUT2D eigenvalue weighted by atomic mass is 10.1. The van der Waals surface area contributed by atoms with Gasteiger partial charge in [0.1, 0.15) is 18.2 Å². The summed E-state index contributed by atoms with van der Waals surface area (Å²) in [5.41, 5.74) is 2.00. The molecule has 2 aliphatic heterocycles. The maximum Gasteiger partial charge on any atom is 0.407 e. The Balaban J connectivity index is 1.51. The largest absolute Gasteiger partial charge is 0.441 e. The SMILES string of the molecule is CCNC(=O)O[C@@H]1COC2C1OC[C@@H]2n1nnnc1-c1ccc(N(C)C)cc1. The van der Waals surface area contributed by atoms with Gasteiger partial charge < -0.3 is 24.4 Å². The lowest BCUT2D eigenvalue weighted by Gasteiger charge is -2.18. The number of carbonyl (C=O) groups excluding carboxylic acids is 1. The number of nitrogens with zero attached hydrogens (tertiary/aromatic N) is 5. The van der Waals surface area contributed by atoms with Crippen LogP contribution < -0.4 is 10.2 Å². The minimum absolute atomic E-state index is 0.189. The van der Waals surface area contributed by atoms with E-state index < -0.39 is 12.2 Å². The van der Waals surface area contributed by atoms with Crippen LogP contribution in [-0.4, -0.2) is 78.5 Å². The molecule has 4 atom stereocenters. The summed E-state index contributed by atoms with van der Waals surface area (Å²) in [5, 5.41) is 14.8. The number of ether oxygens (including phenoxy) is 3. The topological polar surface area (TPSA) is 104 Å². The highest BCUT2D eigenvalue weighted by atomic mass is 16.6. The van der Waals surface area contributed by atoms with E-state index in [1.807, 2.05) is 50.2 Å². The summed E-state index contributed by atoms with van der Waals surface area (Å²) in [4.78, 5) is 13.8. The van der Waals surface area contributed by atoms with Crippen molar-refractivity contribution in [3.05, 3.63) is 24.3 Å². The van der Waals surface area contributed by atoms with E-state index in [0.29, 0.717) is 19.0 Å². The second-order valence-electron chi connectivity index (χ2n) is 7.03. The molecule has 1 N–H and O–H groups in total. The maximum absolute atomic E-state index is 11.7. The normalized spacial score (nSPS) is 26.1. The predicted octanol–water partition coefficient (Wildman–Crippen LogP) is 0.860. The molecule has 28 heavy (non-hydrogen) atoms. The molecule has 3 heterocycles. The first kappa shape index (κ1) is 18.6. The molecule has 2 aromatic rings. The van der Waals surface area contributed by atoms with Gasteiger partial charge in [0.05, 0.1) is 13.2 Å². The molecule has 0 saturated carbocycles. The van der Waals surface area contributed by atoms with Gasteiger partial charge in [-0.3, -0.25) is 0 Å². The van der Waals surface area contributed by atoms with Crippen molar-refractivity contribution >= 4 is 11.8 Å². The van der Waals surface area contributed by atoms with Crippen molar-refractivity contribution in [3.8, 4) is 11.4 Å². The number of aromatic nitrogens is 4. The molecular weight excluding hydrogens is 364 g/mol. The minimum Gasteiger partial charge on any atom is -0.441 e. The average Bonchev–Trinajstić information content (AvgIpc) is 3.39. The molecule has 0 aliphatic carbocycles. The van der Waals surface area contributed by atoms with Crippen molar-refractivity contribution in [1.82, 2.24) is 25.5 Å². The number of hydrogen-bond donors (Lipinski definition) is 1. The molecule has 1 amide bonds. The van der Waals surface area contributed by atoms with E-state index in [1.54, 1.807) is 4.68 Å². The van der Waals surface area contributed by atoms with Gasteiger partial charge in [-0.2, -0.15) is 0 Å². The van der Waals surface area contributed by atoms with Gasteiger partial charge in [-0.25, -0.2) is 9.48 Å². The zero-order valence-corrected chi connectivity index (χ0v) is 16.1. The van der Waals surface area contributed by atoms with E-state index in [-0.39, 0.29) is 24.9 Å². The van der Waals surface area contributed by atoms with Crippen LogP contribution in [0.15, 0.2) is 24.3 Å². The molecule has 1 aromatic carbocycles. The number of amides is 1. The van der Waals surface area contributed by atoms with E-state index >= 15 is 0 Å². The molecule has 2 unspecified atom stereocenters. The summed E-state index contributed by atoms with van der Waals surface area (Å²) in [7, 11) is 3.98. The predicted molar refractivity (Wildman–Crippen MR) is 100 cm³/mol. The fourth-order valence-corrected chi connectivity index (χ4v) is 3.59. The summed E-state index contributed by atoms with van der Waals surface area (Å²) >= 11 is 0. The minimum atomic E-state index is -0.465. The van der Waals surface area contributed by atoms with Crippen LogP contribution in [0.5, 0.6) is 0 Å². The first-order valence-electron chi connectivity index (χ1n) is 9.31. The molecule has 10 heteroatoms. The number of tetrazole rings is 1. The highest BCUT2D eigenvalue weighted by Gasteiger charge is 2.51. The molecule has 150 valence electrons. The molecule has 4 rings (SSSR count). The van der Waals surface area contributed by atoms with Gasteiger partial charge in [0, 0.05) is 31.9 Å². The number of fused-ring (bicyclic) bond motifs is 1.